The van der Waals surface area contributed by atoms with E-state index in [1.165, 1.54) is 16.3 Å². The fourth-order valence-corrected chi connectivity index (χ4v) is 2.04. The number of aryl methyl sites for hydroxylation is 2. The highest BCUT2D eigenvalue weighted by Crippen LogP contribution is 2.23. The largest absolute Gasteiger partial charge is 0.275 e. The van der Waals surface area contributed by atoms with E-state index in [9.17, 15) is 0 Å². The van der Waals surface area contributed by atoms with E-state index in [0.29, 0.717) is 0 Å². The second-order valence-corrected chi connectivity index (χ2v) is 4.27. The molecule has 0 atom stereocenters. The lowest BCUT2D eigenvalue weighted by Crippen LogP contribution is -1.86. The first-order chi connectivity index (χ1) is 10.2. The van der Waals surface area contributed by atoms with Crippen molar-refractivity contribution in [3.8, 4) is 11.3 Å². The Labute approximate surface area is 127 Å². The lowest BCUT2D eigenvalue weighted by atomic mass is 10.1. The molecular weight excluding hydrogens is 258 g/mol. The van der Waals surface area contributed by atoms with Crippen LogP contribution in [0.25, 0.3) is 22.0 Å². The van der Waals surface area contributed by atoms with Crippen LogP contribution in [-0.4, -0.2) is 14.8 Å². The minimum atomic E-state index is 0.969. The van der Waals surface area contributed by atoms with Gasteiger partial charge in [0.15, 0.2) is 0 Å². The molecule has 0 aliphatic carbocycles. The Balaban J connectivity index is 0.000000510. The molecule has 3 aromatic rings. The van der Waals surface area contributed by atoms with Crippen LogP contribution in [0.5, 0.6) is 0 Å². The molecule has 0 radical (unpaired) electrons. The van der Waals surface area contributed by atoms with Crippen molar-refractivity contribution in [2.45, 2.75) is 34.6 Å². The van der Waals surface area contributed by atoms with Crippen molar-refractivity contribution in [2.24, 2.45) is 7.05 Å². The molecule has 0 N–H and O–H groups in total. The molecule has 2 heterocycles. The number of benzene rings is 1. The summed E-state index contributed by atoms with van der Waals surface area (Å²) >= 11 is 0. The first kappa shape index (κ1) is 16.9. The van der Waals surface area contributed by atoms with Crippen LogP contribution in [0.1, 0.15) is 33.3 Å². The Morgan fingerprint density at radius 1 is 1.00 bits per heavy atom. The van der Waals surface area contributed by atoms with Crippen LogP contribution in [0.4, 0.5) is 0 Å². The van der Waals surface area contributed by atoms with Gasteiger partial charge in [-0.3, -0.25) is 9.67 Å². The highest BCUT2D eigenvalue weighted by Gasteiger charge is 2.04. The number of hydrogen-bond donors (Lipinski definition) is 0. The molecule has 0 saturated heterocycles. The topological polar surface area (TPSA) is 30.7 Å². The van der Waals surface area contributed by atoms with Gasteiger partial charge in [0.1, 0.15) is 0 Å². The van der Waals surface area contributed by atoms with E-state index < -0.39 is 0 Å². The quantitative estimate of drug-likeness (QED) is 0.629. The van der Waals surface area contributed by atoms with Crippen LogP contribution >= 0.6 is 0 Å². The molecule has 0 aliphatic heterocycles. The molecule has 3 rings (SSSR count). The molecule has 21 heavy (non-hydrogen) atoms. The summed E-state index contributed by atoms with van der Waals surface area (Å²) in [6.07, 6.45) is 5.75. The average molecular weight is 283 g/mol. The minimum absolute atomic E-state index is 0.969. The molecule has 1 aromatic carbocycles. The van der Waals surface area contributed by atoms with E-state index in [0.717, 1.165) is 11.3 Å². The van der Waals surface area contributed by atoms with Gasteiger partial charge in [-0.1, -0.05) is 45.9 Å². The predicted octanol–water partition coefficient (Wildman–Crippen LogP) is 5.00. The molecule has 112 valence electrons. The second kappa shape index (κ2) is 8.20. The summed E-state index contributed by atoms with van der Waals surface area (Å²) in [5.74, 6) is 0. The summed E-state index contributed by atoms with van der Waals surface area (Å²) in [6, 6.07) is 8.40. The van der Waals surface area contributed by atoms with E-state index in [1.54, 1.807) is 4.68 Å². The van der Waals surface area contributed by atoms with Crippen LogP contribution < -0.4 is 0 Å². The van der Waals surface area contributed by atoms with E-state index in [1.807, 2.05) is 53.3 Å². The third-order valence-electron chi connectivity index (χ3n) is 2.98. The predicted molar refractivity (Wildman–Crippen MR) is 91.4 cm³/mol. The zero-order valence-electron chi connectivity index (χ0n) is 13.9. The summed E-state index contributed by atoms with van der Waals surface area (Å²) in [6.45, 7) is 10.1. The molecule has 0 saturated carbocycles. The summed E-state index contributed by atoms with van der Waals surface area (Å²) in [5, 5.41) is 6.60. The van der Waals surface area contributed by atoms with Crippen LogP contribution in [-0.2, 0) is 7.05 Å². The third kappa shape index (κ3) is 3.91. The molecule has 3 nitrogen and oxygen atoms in total. The van der Waals surface area contributed by atoms with Gasteiger partial charge in [0.05, 0.1) is 11.9 Å². The van der Waals surface area contributed by atoms with Gasteiger partial charge in [-0.25, -0.2) is 0 Å². The maximum atomic E-state index is 4.50. The number of pyridine rings is 1. The summed E-state index contributed by atoms with van der Waals surface area (Å²) in [7, 11) is 1.91. The van der Waals surface area contributed by atoms with Gasteiger partial charge >= 0.3 is 0 Å². The van der Waals surface area contributed by atoms with Crippen LogP contribution in [0.3, 0.4) is 0 Å². The van der Waals surface area contributed by atoms with Crippen molar-refractivity contribution in [1.82, 2.24) is 14.8 Å². The lowest BCUT2D eigenvalue weighted by Gasteiger charge is -2.03. The van der Waals surface area contributed by atoms with Gasteiger partial charge in [0.2, 0.25) is 0 Å². The van der Waals surface area contributed by atoms with Gasteiger partial charge in [0, 0.05) is 30.4 Å². The standard InChI is InChI=1S/C14H13N3.2C2H6/c1-10-4-3-5-11-6-14(15-8-13(10)11)12-7-16-17(2)9-12;2*1-2/h3-9H,1-2H3;2*1-2H3. The van der Waals surface area contributed by atoms with Gasteiger partial charge in [0.25, 0.3) is 0 Å². The Hall–Kier alpha value is -2.16. The van der Waals surface area contributed by atoms with Gasteiger partial charge < -0.3 is 0 Å². The number of aromatic nitrogens is 3. The fourth-order valence-electron chi connectivity index (χ4n) is 2.04. The zero-order chi connectivity index (χ0) is 15.8. The molecule has 0 bridgehead atoms. The normalized spacial score (nSPS) is 9.43. The molecule has 0 aliphatic rings. The maximum Gasteiger partial charge on any atom is 0.0739 e. The van der Waals surface area contributed by atoms with Crippen LogP contribution in [0.15, 0.2) is 42.9 Å². The minimum Gasteiger partial charge on any atom is -0.275 e. The number of rotatable bonds is 1. The Kier molecular flexibility index (Phi) is 6.60. The highest BCUT2D eigenvalue weighted by molar-refractivity contribution is 5.87. The second-order valence-electron chi connectivity index (χ2n) is 4.27. The number of nitrogens with zero attached hydrogens (tertiary/aromatic N) is 3. The monoisotopic (exact) mass is 283 g/mol. The van der Waals surface area contributed by atoms with Crippen molar-refractivity contribution < 1.29 is 0 Å². The van der Waals surface area contributed by atoms with Gasteiger partial charge in [-0.05, 0) is 23.9 Å². The molecular formula is C18H25N3. The van der Waals surface area contributed by atoms with E-state index in [4.69, 9.17) is 0 Å². The average Bonchev–Trinajstić information content (AvgIpc) is 2.98. The summed E-state index contributed by atoms with van der Waals surface area (Å²) < 4.78 is 1.79. The summed E-state index contributed by atoms with van der Waals surface area (Å²) in [5.41, 5.74) is 3.28. The SMILES string of the molecule is CC.CC.Cc1cccc2cc(-c3cnn(C)c3)ncc12. The van der Waals surface area contributed by atoms with Crippen molar-refractivity contribution >= 4 is 10.8 Å². The summed E-state index contributed by atoms with van der Waals surface area (Å²) in [4.78, 5) is 4.50. The van der Waals surface area contributed by atoms with Crippen molar-refractivity contribution in [3.63, 3.8) is 0 Å². The van der Waals surface area contributed by atoms with E-state index >= 15 is 0 Å². The van der Waals surface area contributed by atoms with E-state index in [-0.39, 0.29) is 0 Å². The molecule has 3 heteroatoms. The van der Waals surface area contributed by atoms with Crippen LogP contribution in [0.2, 0.25) is 0 Å². The molecule has 0 spiro atoms. The number of hydrogen-bond acceptors (Lipinski definition) is 2. The molecule has 0 fully saturated rings. The maximum absolute atomic E-state index is 4.50. The van der Waals surface area contributed by atoms with Gasteiger partial charge in [-0.2, -0.15) is 5.10 Å². The van der Waals surface area contributed by atoms with Crippen molar-refractivity contribution in [3.05, 3.63) is 48.4 Å². The molecule has 2 aromatic heterocycles. The smallest absolute Gasteiger partial charge is 0.0739 e. The fraction of sp³-hybridized carbons (Fsp3) is 0.333. The first-order valence-electron chi connectivity index (χ1n) is 7.58. The Bertz CT molecular complexity index is 684. The zero-order valence-corrected chi connectivity index (χ0v) is 13.9. The van der Waals surface area contributed by atoms with Crippen LogP contribution in [0, 0.1) is 6.92 Å². The molecule has 0 amide bonds. The van der Waals surface area contributed by atoms with Gasteiger partial charge in [-0.15, -0.1) is 0 Å². The third-order valence-corrected chi connectivity index (χ3v) is 2.98. The van der Waals surface area contributed by atoms with Crippen molar-refractivity contribution in [1.29, 1.82) is 0 Å². The first-order valence-corrected chi connectivity index (χ1v) is 7.58. The van der Waals surface area contributed by atoms with E-state index in [2.05, 4.69) is 41.3 Å². The highest BCUT2D eigenvalue weighted by atomic mass is 15.2. The van der Waals surface area contributed by atoms with Crippen molar-refractivity contribution in [2.75, 3.05) is 0 Å². The Morgan fingerprint density at radius 2 is 1.71 bits per heavy atom. The Morgan fingerprint density at radius 3 is 2.33 bits per heavy atom. The number of fused-ring (bicyclic) bond motifs is 1. The lowest BCUT2D eigenvalue weighted by molar-refractivity contribution is 0.768. The molecule has 0 unspecified atom stereocenters.